The second-order valence-corrected chi connectivity index (χ2v) is 5.29. The predicted molar refractivity (Wildman–Crippen MR) is 71.1 cm³/mol. The molecule has 1 aromatic rings. The SMILES string of the molecule is O=C(CO)N1CCC[C@H](CCc2ccc(F)c(F)c2)C1. The molecule has 1 aliphatic heterocycles. The molecular formula is C15H19F2NO2. The summed E-state index contributed by atoms with van der Waals surface area (Å²) in [6, 6.07) is 3.97. The van der Waals surface area contributed by atoms with E-state index in [1.165, 1.54) is 6.07 Å². The number of likely N-dealkylation sites (tertiary alicyclic amines) is 1. The van der Waals surface area contributed by atoms with E-state index in [1.807, 2.05) is 0 Å². The standard InChI is InChI=1S/C15H19F2NO2/c16-13-6-5-11(8-14(13)17)3-4-12-2-1-7-18(9-12)15(20)10-19/h5-6,8,12,19H,1-4,7,9-10H2/t12-/m1/s1. The largest absolute Gasteiger partial charge is 0.387 e. The molecule has 3 nitrogen and oxygen atoms in total. The van der Waals surface area contributed by atoms with Crippen molar-refractivity contribution in [2.24, 2.45) is 5.92 Å². The molecule has 0 aromatic heterocycles. The zero-order valence-electron chi connectivity index (χ0n) is 11.3. The average molecular weight is 283 g/mol. The van der Waals surface area contributed by atoms with Crippen LogP contribution in [0.2, 0.25) is 0 Å². The van der Waals surface area contributed by atoms with Crippen LogP contribution in [0.3, 0.4) is 0 Å². The minimum Gasteiger partial charge on any atom is -0.387 e. The maximum atomic E-state index is 13.1. The zero-order chi connectivity index (χ0) is 14.5. The number of nitrogens with zero attached hydrogens (tertiary/aromatic N) is 1. The third-order valence-electron chi connectivity index (χ3n) is 3.83. The Kier molecular flexibility index (Phi) is 5.06. The highest BCUT2D eigenvalue weighted by atomic mass is 19.2. The molecule has 20 heavy (non-hydrogen) atoms. The summed E-state index contributed by atoms with van der Waals surface area (Å²) >= 11 is 0. The molecule has 0 unspecified atom stereocenters. The van der Waals surface area contributed by atoms with Crippen LogP contribution in [0, 0.1) is 17.6 Å². The first-order chi connectivity index (χ1) is 9.60. The molecule has 0 aliphatic carbocycles. The number of carbonyl (C=O) groups is 1. The van der Waals surface area contributed by atoms with Gasteiger partial charge in [0.15, 0.2) is 11.6 Å². The lowest BCUT2D eigenvalue weighted by molar-refractivity contribution is -0.136. The van der Waals surface area contributed by atoms with E-state index in [4.69, 9.17) is 5.11 Å². The minimum atomic E-state index is -0.828. The Morgan fingerprint density at radius 2 is 2.15 bits per heavy atom. The van der Waals surface area contributed by atoms with Gasteiger partial charge in [-0.15, -0.1) is 0 Å². The predicted octanol–water partition coefficient (Wildman–Crippen LogP) is 2.13. The van der Waals surface area contributed by atoms with E-state index in [0.29, 0.717) is 25.4 Å². The smallest absolute Gasteiger partial charge is 0.248 e. The van der Waals surface area contributed by atoms with Crippen molar-refractivity contribution in [2.45, 2.75) is 25.7 Å². The fourth-order valence-corrected chi connectivity index (χ4v) is 2.69. The fourth-order valence-electron chi connectivity index (χ4n) is 2.69. The molecule has 2 rings (SSSR count). The van der Waals surface area contributed by atoms with Gasteiger partial charge in [-0.2, -0.15) is 0 Å². The number of hydrogen-bond acceptors (Lipinski definition) is 2. The van der Waals surface area contributed by atoms with E-state index < -0.39 is 18.2 Å². The first-order valence-electron chi connectivity index (χ1n) is 6.92. The van der Waals surface area contributed by atoms with Crippen LogP contribution in [-0.4, -0.2) is 35.6 Å². The molecule has 1 atom stereocenters. The van der Waals surface area contributed by atoms with Gasteiger partial charge in [0.05, 0.1) is 0 Å². The number of carbonyl (C=O) groups excluding carboxylic acids is 1. The summed E-state index contributed by atoms with van der Waals surface area (Å²) in [6.07, 6.45) is 3.45. The topological polar surface area (TPSA) is 40.5 Å². The summed E-state index contributed by atoms with van der Waals surface area (Å²) < 4.78 is 25.9. The monoisotopic (exact) mass is 283 g/mol. The molecule has 1 amide bonds. The van der Waals surface area contributed by atoms with Crippen molar-refractivity contribution >= 4 is 5.91 Å². The lowest BCUT2D eigenvalue weighted by Gasteiger charge is -2.32. The van der Waals surface area contributed by atoms with Crippen LogP contribution in [-0.2, 0) is 11.2 Å². The van der Waals surface area contributed by atoms with E-state index in [9.17, 15) is 13.6 Å². The number of rotatable bonds is 4. The number of aryl methyl sites for hydroxylation is 1. The first kappa shape index (κ1) is 14.9. The molecule has 1 aromatic carbocycles. The number of hydrogen-bond donors (Lipinski definition) is 1. The number of aliphatic hydroxyl groups excluding tert-OH is 1. The summed E-state index contributed by atoms with van der Waals surface area (Å²) in [4.78, 5) is 13.1. The summed E-state index contributed by atoms with van der Waals surface area (Å²) in [5, 5.41) is 8.87. The van der Waals surface area contributed by atoms with Gasteiger partial charge in [0.25, 0.3) is 0 Å². The van der Waals surface area contributed by atoms with E-state index >= 15 is 0 Å². The minimum absolute atomic E-state index is 0.234. The average Bonchev–Trinajstić information content (AvgIpc) is 2.48. The Morgan fingerprint density at radius 1 is 1.35 bits per heavy atom. The molecule has 0 saturated carbocycles. The van der Waals surface area contributed by atoms with Crippen LogP contribution in [0.15, 0.2) is 18.2 Å². The Bertz CT molecular complexity index is 479. The van der Waals surface area contributed by atoms with Gasteiger partial charge in [-0.25, -0.2) is 8.78 Å². The van der Waals surface area contributed by atoms with Gasteiger partial charge in [0.2, 0.25) is 5.91 Å². The number of halogens is 2. The number of piperidine rings is 1. The van der Waals surface area contributed by atoms with Gasteiger partial charge in [0.1, 0.15) is 6.61 Å². The number of amides is 1. The summed E-state index contributed by atoms with van der Waals surface area (Å²) in [6.45, 7) is 0.889. The zero-order valence-corrected chi connectivity index (χ0v) is 11.3. The normalized spacial score (nSPS) is 19.1. The van der Waals surface area contributed by atoms with Crippen LogP contribution < -0.4 is 0 Å². The Balaban J connectivity index is 1.87. The van der Waals surface area contributed by atoms with E-state index in [1.54, 1.807) is 11.0 Å². The lowest BCUT2D eigenvalue weighted by Crippen LogP contribution is -2.41. The van der Waals surface area contributed by atoms with Crippen molar-refractivity contribution in [3.63, 3.8) is 0 Å². The maximum Gasteiger partial charge on any atom is 0.248 e. The molecule has 0 bridgehead atoms. The third kappa shape index (κ3) is 3.76. The van der Waals surface area contributed by atoms with Crippen LogP contribution in [0.25, 0.3) is 0 Å². The molecule has 0 radical (unpaired) electrons. The van der Waals surface area contributed by atoms with Crippen molar-refractivity contribution in [1.82, 2.24) is 4.90 Å². The maximum absolute atomic E-state index is 13.1. The van der Waals surface area contributed by atoms with Crippen molar-refractivity contribution in [3.8, 4) is 0 Å². The highest BCUT2D eigenvalue weighted by molar-refractivity contribution is 5.77. The van der Waals surface area contributed by atoms with Crippen molar-refractivity contribution < 1.29 is 18.7 Å². The number of aliphatic hydroxyl groups is 1. The fraction of sp³-hybridized carbons (Fsp3) is 0.533. The molecular weight excluding hydrogens is 264 g/mol. The summed E-state index contributed by atoms with van der Waals surface area (Å²) in [7, 11) is 0. The summed E-state index contributed by atoms with van der Waals surface area (Å²) in [5.41, 5.74) is 0.773. The van der Waals surface area contributed by atoms with Crippen LogP contribution >= 0.6 is 0 Å². The molecule has 5 heteroatoms. The van der Waals surface area contributed by atoms with Crippen LogP contribution in [0.1, 0.15) is 24.8 Å². The van der Waals surface area contributed by atoms with Crippen molar-refractivity contribution in [3.05, 3.63) is 35.4 Å². The molecule has 110 valence electrons. The van der Waals surface area contributed by atoms with Crippen molar-refractivity contribution in [2.75, 3.05) is 19.7 Å². The van der Waals surface area contributed by atoms with Gasteiger partial charge >= 0.3 is 0 Å². The van der Waals surface area contributed by atoms with Gasteiger partial charge < -0.3 is 10.0 Å². The Morgan fingerprint density at radius 3 is 2.85 bits per heavy atom. The summed E-state index contributed by atoms with van der Waals surface area (Å²) in [5.74, 6) is -1.52. The van der Waals surface area contributed by atoms with Crippen LogP contribution in [0.5, 0.6) is 0 Å². The molecule has 1 heterocycles. The van der Waals surface area contributed by atoms with Gasteiger partial charge in [-0.3, -0.25) is 4.79 Å². The first-order valence-corrected chi connectivity index (χ1v) is 6.92. The Labute approximate surface area is 117 Å². The lowest BCUT2D eigenvalue weighted by atomic mass is 9.91. The van der Waals surface area contributed by atoms with Crippen LogP contribution in [0.4, 0.5) is 8.78 Å². The highest BCUT2D eigenvalue weighted by Crippen LogP contribution is 2.22. The van der Waals surface area contributed by atoms with Gasteiger partial charge in [-0.1, -0.05) is 6.07 Å². The molecule has 1 saturated heterocycles. The number of benzene rings is 1. The second-order valence-electron chi connectivity index (χ2n) is 5.29. The molecule has 1 aliphatic rings. The second kappa shape index (κ2) is 6.79. The van der Waals surface area contributed by atoms with E-state index in [-0.39, 0.29) is 5.91 Å². The quantitative estimate of drug-likeness (QED) is 0.919. The third-order valence-corrected chi connectivity index (χ3v) is 3.83. The van der Waals surface area contributed by atoms with Crippen molar-refractivity contribution in [1.29, 1.82) is 0 Å². The molecule has 1 N–H and O–H groups in total. The van der Waals surface area contributed by atoms with Gasteiger partial charge in [-0.05, 0) is 49.3 Å². The highest BCUT2D eigenvalue weighted by Gasteiger charge is 2.22. The molecule has 0 spiro atoms. The molecule has 1 fully saturated rings. The Hall–Kier alpha value is -1.49. The van der Waals surface area contributed by atoms with Gasteiger partial charge in [0, 0.05) is 13.1 Å². The van der Waals surface area contributed by atoms with E-state index in [0.717, 1.165) is 30.9 Å². The van der Waals surface area contributed by atoms with E-state index in [2.05, 4.69) is 0 Å².